The maximum atomic E-state index is 12.9. The summed E-state index contributed by atoms with van der Waals surface area (Å²) in [7, 11) is 0. The van der Waals surface area contributed by atoms with Crippen molar-refractivity contribution in [2.75, 3.05) is 31.1 Å². The van der Waals surface area contributed by atoms with Crippen LogP contribution in [0.5, 0.6) is 0 Å². The summed E-state index contributed by atoms with van der Waals surface area (Å²) in [6.07, 6.45) is 7.04. The molecule has 1 fully saturated rings. The van der Waals surface area contributed by atoms with Crippen LogP contribution < -0.4 is 4.90 Å². The summed E-state index contributed by atoms with van der Waals surface area (Å²) in [5.74, 6) is 1.62. The molecule has 4 heterocycles. The van der Waals surface area contributed by atoms with Gasteiger partial charge in [0.15, 0.2) is 11.6 Å². The van der Waals surface area contributed by atoms with Gasteiger partial charge in [0.2, 0.25) is 0 Å². The van der Waals surface area contributed by atoms with Crippen molar-refractivity contribution in [3.63, 3.8) is 0 Å². The molecule has 0 saturated carbocycles. The van der Waals surface area contributed by atoms with Gasteiger partial charge < -0.3 is 14.8 Å². The van der Waals surface area contributed by atoms with Crippen molar-refractivity contribution >= 4 is 22.6 Å². The lowest BCUT2D eigenvalue weighted by atomic mass is 10.1. The zero-order chi connectivity index (χ0) is 18.9. The van der Waals surface area contributed by atoms with Crippen LogP contribution in [0, 0.1) is 0 Å². The first-order valence-electron chi connectivity index (χ1n) is 9.22. The number of hydrogen-bond acceptors (Lipinski definition) is 5. The Morgan fingerprint density at radius 1 is 0.964 bits per heavy atom. The van der Waals surface area contributed by atoms with E-state index in [4.69, 9.17) is 0 Å². The molecule has 0 radical (unpaired) electrons. The van der Waals surface area contributed by atoms with Gasteiger partial charge in [0, 0.05) is 55.7 Å². The standard InChI is InChI=1S/C20H19N7O/c28-20(16-13-22-17-4-2-1-3-15(16)17)26-11-9-25(10-12-26)18-5-6-19(24-23-18)27-8-7-21-14-27/h1-8,13-14,22H,9-12H2. The van der Waals surface area contributed by atoms with Crippen LogP contribution in [0.4, 0.5) is 5.82 Å². The van der Waals surface area contributed by atoms with Crippen LogP contribution in [-0.4, -0.2) is 61.7 Å². The van der Waals surface area contributed by atoms with Gasteiger partial charge in [0.1, 0.15) is 6.33 Å². The summed E-state index contributed by atoms with van der Waals surface area (Å²) < 4.78 is 1.81. The molecule has 1 aliphatic heterocycles. The second-order valence-corrected chi connectivity index (χ2v) is 6.75. The fourth-order valence-corrected chi connectivity index (χ4v) is 3.58. The number of rotatable bonds is 3. The van der Waals surface area contributed by atoms with E-state index in [1.807, 2.05) is 52.1 Å². The second-order valence-electron chi connectivity index (χ2n) is 6.75. The number of hydrogen-bond donors (Lipinski definition) is 1. The Kier molecular flexibility index (Phi) is 4.01. The summed E-state index contributed by atoms with van der Waals surface area (Å²) in [5, 5.41) is 9.58. The third-order valence-electron chi connectivity index (χ3n) is 5.12. The van der Waals surface area contributed by atoms with Gasteiger partial charge in [-0.15, -0.1) is 10.2 Å². The second kappa shape index (κ2) is 6.80. The molecular weight excluding hydrogens is 354 g/mol. The first-order valence-corrected chi connectivity index (χ1v) is 9.22. The smallest absolute Gasteiger partial charge is 0.256 e. The monoisotopic (exact) mass is 373 g/mol. The number of amides is 1. The van der Waals surface area contributed by atoms with E-state index in [1.54, 1.807) is 18.7 Å². The molecule has 0 unspecified atom stereocenters. The van der Waals surface area contributed by atoms with Crippen molar-refractivity contribution in [3.8, 4) is 5.82 Å². The highest BCUT2D eigenvalue weighted by atomic mass is 16.2. The van der Waals surface area contributed by atoms with Gasteiger partial charge >= 0.3 is 0 Å². The lowest BCUT2D eigenvalue weighted by Crippen LogP contribution is -2.49. The van der Waals surface area contributed by atoms with Crippen LogP contribution in [0.2, 0.25) is 0 Å². The topological polar surface area (TPSA) is 82.9 Å². The SMILES string of the molecule is O=C(c1c[nH]c2ccccc12)N1CCN(c2ccc(-n3ccnc3)nn2)CC1. The van der Waals surface area contributed by atoms with Gasteiger partial charge in [0.05, 0.1) is 5.56 Å². The number of para-hydroxylation sites is 1. The number of carbonyl (C=O) groups excluding carboxylic acids is 1. The van der Waals surface area contributed by atoms with Gasteiger partial charge in [-0.1, -0.05) is 18.2 Å². The van der Waals surface area contributed by atoms with E-state index in [-0.39, 0.29) is 5.91 Å². The Morgan fingerprint density at radius 3 is 2.50 bits per heavy atom. The summed E-state index contributed by atoms with van der Waals surface area (Å²) in [6, 6.07) is 11.8. The molecule has 0 atom stereocenters. The first kappa shape index (κ1) is 16.5. The quantitative estimate of drug-likeness (QED) is 0.595. The summed E-state index contributed by atoms with van der Waals surface area (Å²) >= 11 is 0. The van der Waals surface area contributed by atoms with Crippen LogP contribution in [0.15, 0.2) is 61.3 Å². The van der Waals surface area contributed by atoms with Crippen molar-refractivity contribution in [2.45, 2.75) is 0 Å². The van der Waals surface area contributed by atoms with E-state index < -0.39 is 0 Å². The molecule has 1 amide bonds. The average Bonchev–Trinajstić information content (AvgIpc) is 3.44. The van der Waals surface area contributed by atoms with Crippen LogP contribution in [0.3, 0.4) is 0 Å². The van der Waals surface area contributed by atoms with E-state index in [2.05, 4.69) is 25.1 Å². The third-order valence-corrected chi connectivity index (χ3v) is 5.12. The molecule has 4 aromatic rings. The zero-order valence-corrected chi connectivity index (χ0v) is 15.2. The van der Waals surface area contributed by atoms with Crippen LogP contribution in [0.1, 0.15) is 10.4 Å². The number of H-pyrrole nitrogens is 1. The Balaban J connectivity index is 1.26. The van der Waals surface area contributed by atoms with E-state index in [9.17, 15) is 4.79 Å². The van der Waals surface area contributed by atoms with Gasteiger partial charge in [0.25, 0.3) is 5.91 Å². The minimum Gasteiger partial charge on any atom is -0.360 e. The molecule has 0 aliphatic carbocycles. The molecule has 1 aliphatic rings. The number of aromatic amines is 1. The molecule has 3 aromatic heterocycles. The highest BCUT2D eigenvalue weighted by Gasteiger charge is 2.24. The minimum atomic E-state index is 0.0682. The lowest BCUT2D eigenvalue weighted by molar-refractivity contribution is 0.0748. The zero-order valence-electron chi connectivity index (χ0n) is 15.2. The Bertz CT molecular complexity index is 1090. The van der Waals surface area contributed by atoms with Gasteiger partial charge in [-0.2, -0.15) is 0 Å². The van der Waals surface area contributed by atoms with Gasteiger partial charge in [-0.3, -0.25) is 9.36 Å². The molecule has 1 N–H and O–H groups in total. The number of piperazine rings is 1. The first-order chi connectivity index (χ1) is 13.8. The van der Waals surface area contributed by atoms with Crippen molar-refractivity contribution in [1.29, 1.82) is 0 Å². The number of carbonyl (C=O) groups is 1. The van der Waals surface area contributed by atoms with Crippen LogP contribution >= 0.6 is 0 Å². The van der Waals surface area contributed by atoms with Crippen LogP contribution in [0.25, 0.3) is 16.7 Å². The number of fused-ring (bicyclic) bond motifs is 1. The van der Waals surface area contributed by atoms with Crippen molar-refractivity contribution in [3.05, 3.63) is 66.9 Å². The number of imidazole rings is 1. The van der Waals surface area contributed by atoms with Crippen molar-refractivity contribution in [2.24, 2.45) is 0 Å². The normalized spacial score (nSPS) is 14.6. The van der Waals surface area contributed by atoms with E-state index in [0.29, 0.717) is 13.1 Å². The predicted octanol–water partition coefficient (Wildman–Crippen LogP) is 2.11. The highest BCUT2D eigenvalue weighted by molar-refractivity contribution is 6.06. The summed E-state index contributed by atoms with van der Waals surface area (Å²) in [6.45, 7) is 2.77. The average molecular weight is 373 g/mol. The summed E-state index contributed by atoms with van der Waals surface area (Å²) in [5.41, 5.74) is 1.71. The maximum absolute atomic E-state index is 12.9. The molecule has 1 aromatic carbocycles. The lowest BCUT2D eigenvalue weighted by Gasteiger charge is -2.35. The molecule has 28 heavy (non-hydrogen) atoms. The molecule has 8 nitrogen and oxygen atoms in total. The Labute approximate surface area is 161 Å². The number of aromatic nitrogens is 5. The molecule has 1 saturated heterocycles. The number of anilines is 1. The molecule has 0 bridgehead atoms. The highest BCUT2D eigenvalue weighted by Crippen LogP contribution is 2.21. The third kappa shape index (κ3) is 2.88. The maximum Gasteiger partial charge on any atom is 0.256 e. The Morgan fingerprint density at radius 2 is 1.75 bits per heavy atom. The van der Waals surface area contributed by atoms with Crippen LogP contribution in [-0.2, 0) is 0 Å². The van der Waals surface area contributed by atoms with E-state index in [0.717, 1.165) is 41.2 Å². The molecule has 8 heteroatoms. The van der Waals surface area contributed by atoms with Gasteiger partial charge in [-0.05, 0) is 18.2 Å². The van der Waals surface area contributed by atoms with Crippen molar-refractivity contribution in [1.82, 2.24) is 29.6 Å². The predicted molar refractivity (Wildman–Crippen MR) is 106 cm³/mol. The fourth-order valence-electron chi connectivity index (χ4n) is 3.58. The molecule has 0 spiro atoms. The van der Waals surface area contributed by atoms with Crippen molar-refractivity contribution < 1.29 is 4.79 Å². The Hall–Kier alpha value is -3.68. The largest absolute Gasteiger partial charge is 0.360 e. The molecule has 140 valence electrons. The number of nitrogens with zero attached hydrogens (tertiary/aromatic N) is 6. The molecular formula is C20H19N7O. The van der Waals surface area contributed by atoms with Gasteiger partial charge in [-0.25, -0.2) is 4.98 Å². The minimum absolute atomic E-state index is 0.0682. The number of benzene rings is 1. The fraction of sp³-hybridized carbons (Fsp3) is 0.200. The van der Waals surface area contributed by atoms with E-state index in [1.165, 1.54) is 0 Å². The van der Waals surface area contributed by atoms with E-state index >= 15 is 0 Å². The number of nitrogens with one attached hydrogen (secondary N) is 1. The summed E-state index contributed by atoms with van der Waals surface area (Å²) in [4.78, 5) is 24.2. The molecule has 5 rings (SSSR count).